The molecule has 2 atom stereocenters. The van der Waals surface area contributed by atoms with Gasteiger partial charge in [0, 0.05) is 19.6 Å². The molecular weight excluding hydrogens is 184 g/mol. The van der Waals surface area contributed by atoms with Crippen LogP contribution in [0.4, 0.5) is 0 Å². The van der Waals surface area contributed by atoms with Gasteiger partial charge in [0.2, 0.25) is 5.91 Å². The summed E-state index contributed by atoms with van der Waals surface area (Å²) in [6.07, 6.45) is 0. The number of aliphatic hydroxyl groups excluding tert-OH is 1. The van der Waals surface area contributed by atoms with Gasteiger partial charge in [-0.2, -0.15) is 0 Å². The highest BCUT2D eigenvalue weighted by atomic mass is 16.5. The predicted octanol–water partition coefficient (Wildman–Crippen LogP) is -1.33. The second-order valence-corrected chi connectivity index (χ2v) is 3.52. The Balaban J connectivity index is 2.50. The van der Waals surface area contributed by atoms with E-state index in [4.69, 9.17) is 9.84 Å². The molecule has 82 valence electrons. The monoisotopic (exact) mass is 202 g/mol. The van der Waals surface area contributed by atoms with Crippen LogP contribution in [-0.4, -0.2) is 62.4 Å². The van der Waals surface area contributed by atoms with Crippen molar-refractivity contribution in [2.75, 3.05) is 40.5 Å². The minimum Gasteiger partial charge on any atom is -0.395 e. The second kappa shape index (κ2) is 5.29. The van der Waals surface area contributed by atoms with Crippen molar-refractivity contribution in [2.24, 2.45) is 5.92 Å². The first-order valence-corrected chi connectivity index (χ1v) is 4.81. The minimum absolute atomic E-state index is 0.0000371. The average molecular weight is 202 g/mol. The van der Waals surface area contributed by atoms with Crippen LogP contribution in [0.5, 0.6) is 0 Å². The Bertz CT molecular complexity index is 198. The van der Waals surface area contributed by atoms with Gasteiger partial charge in [0.05, 0.1) is 25.7 Å². The Kier molecular flexibility index (Phi) is 4.31. The molecule has 0 aliphatic carbocycles. The molecule has 1 amide bonds. The number of hydrogen-bond donors (Lipinski definition) is 2. The molecule has 5 heteroatoms. The molecule has 1 aliphatic heterocycles. The Morgan fingerprint density at radius 1 is 1.64 bits per heavy atom. The summed E-state index contributed by atoms with van der Waals surface area (Å²) < 4.78 is 5.24. The smallest absolute Gasteiger partial charge is 0.229 e. The number of carbonyl (C=O) groups is 1. The fraction of sp³-hybridized carbons (Fsp3) is 0.889. The first-order valence-electron chi connectivity index (χ1n) is 4.81. The van der Waals surface area contributed by atoms with Gasteiger partial charge in [0.25, 0.3) is 0 Å². The molecule has 1 rings (SSSR count). The third-order valence-corrected chi connectivity index (χ3v) is 2.58. The molecule has 1 aliphatic rings. The molecule has 0 radical (unpaired) electrons. The highest BCUT2D eigenvalue weighted by molar-refractivity contribution is 5.79. The maximum absolute atomic E-state index is 11.8. The van der Waals surface area contributed by atoms with Crippen LogP contribution in [0.2, 0.25) is 0 Å². The lowest BCUT2D eigenvalue weighted by Gasteiger charge is -2.22. The fourth-order valence-electron chi connectivity index (χ4n) is 1.63. The van der Waals surface area contributed by atoms with Gasteiger partial charge in [-0.05, 0) is 7.05 Å². The highest BCUT2D eigenvalue weighted by Gasteiger charge is 2.34. The Morgan fingerprint density at radius 2 is 2.36 bits per heavy atom. The van der Waals surface area contributed by atoms with Crippen molar-refractivity contribution in [3.8, 4) is 0 Å². The number of nitrogens with zero attached hydrogens (tertiary/aromatic N) is 1. The molecule has 1 saturated heterocycles. The molecule has 0 aromatic rings. The van der Waals surface area contributed by atoms with Gasteiger partial charge in [-0.1, -0.05) is 0 Å². The van der Waals surface area contributed by atoms with E-state index in [1.54, 1.807) is 11.9 Å². The zero-order valence-electron chi connectivity index (χ0n) is 8.69. The first-order chi connectivity index (χ1) is 6.70. The molecule has 0 aromatic heterocycles. The molecule has 1 heterocycles. The van der Waals surface area contributed by atoms with Crippen molar-refractivity contribution in [2.45, 2.75) is 6.04 Å². The number of hydrogen-bond acceptors (Lipinski definition) is 4. The van der Waals surface area contributed by atoms with E-state index in [1.807, 2.05) is 7.05 Å². The number of nitrogens with one attached hydrogen (secondary N) is 1. The van der Waals surface area contributed by atoms with E-state index in [0.29, 0.717) is 19.8 Å². The van der Waals surface area contributed by atoms with Crippen molar-refractivity contribution in [1.29, 1.82) is 0 Å². The van der Waals surface area contributed by atoms with E-state index in [-0.39, 0.29) is 24.5 Å². The zero-order valence-corrected chi connectivity index (χ0v) is 8.69. The molecule has 0 spiro atoms. The lowest BCUT2D eigenvalue weighted by atomic mass is 10.0. The van der Waals surface area contributed by atoms with Crippen LogP contribution in [0.3, 0.4) is 0 Å². The van der Waals surface area contributed by atoms with Gasteiger partial charge in [-0.25, -0.2) is 0 Å². The van der Waals surface area contributed by atoms with Crippen molar-refractivity contribution in [1.82, 2.24) is 10.2 Å². The van der Waals surface area contributed by atoms with Gasteiger partial charge in [0.1, 0.15) is 0 Å². The molecule has 1 fully saturated rings. The molecule has 14 heavy (non-hydrogen) atoms. The number of ether oxygens (including phenoxy) is 1. The molecule has 2 N–H and O–H groups in total. The number of rotatable bonds is 4. The standard InChI is InChI=1S/C9H18N2O3/c1-10-8-6-14-5-7(8)9(13)11(2)3-4-12/h7-8,10,12H,3-6H2,1-2H3. The lowest BCUT2D eigenvalue weighted by molar-refractivity contribution is -0.135. The predicted molar refractivity (Wildman–Crippen MR) is 51.9 cm³/mol. The number of amides is 1. The normalized spacial score (nSPS) is 26.5. The van der Waals surface area contributed by atoms with Gasteiger partial charge >= 0.3 is 0 Å². The van der Waals surface area contributed by atoms with Crippen LogP contribution >= 0.6 is 0 Å². The Morgan fingerprint density at radius 3 is 2.93 bits per heavy atom. The topological polar surface area (TPSA) is 61.8 Å². The van der Waals surface area contributed by atoms with E-state index in [2.05, 4.69) is 5.32 Å². The SMILES string of the molecule is CNC1COCC1C(=O)N(C)CCO. The largest absolute Gasteiger partial charge is 0.395 e. The summed E-state index contributed by atoms with van der Waals surface area (Å²) in [5, 5.41) is 11.8. The average Bonchev–Trinajstić information content (AvgIpc) is 2.64. The van der Waals surface area contributed by atoms with Crippen LogP contribution in [-0.2, 0) is 9.53 Å². The first kappa shape index (κ1) is 11.4. The highest BCUT2D eigenvalue weighted by Crippen LogP contribution is 2.15. The van der Waals surface area contributed by atoms with Crippen molar-refractivity contribution in [3.05, 3.63) is 0 Å². The maximum atomic E-state index is 11.8. The Labute approximate surface area is 84.0 Å². The van der Waals surface area contributed by atoms with Gasteiger partial charge in [-0.3, -0.25) is 4.79 Å². The van der Waals surface area contributed by atoms with Crippen LogP contribution < -0.4 is 5.32 Å². The van der Waals surface area contributed by atoms with Gasteiger partial charge < -0.3 is 20.1 Å². The third kappa shape index (κ3) is 2.43. The molecule has 0 saturated carbocycles. The zero-order chi connectivity index (χ0) is 10.6. The molecule has 0 bridgehead atoms. The molecule has 5 nitrogen and oxygen atoms in total. The van der Waals surface area contributed by atoms with Crippen LogP contribution in [0.1, 0.15) is 0 Å². The van der Waals surface area contributed by atoms with Gasteiger partial charge in [-0.15, -0.1) is 0 Å². The van der Waals surface area contributed by atoms with Crippen molar-refractivity contribution >= 4 is 5.91 Å². The van der Waals surface area contributed by atoms with Crippen LogP contribution in [0.25, 0.3) is 0 Å². The van der Waals surface area contributed by atoms with E-state index >= 15 is 0 Å². The maximum Gasteiger partial charge on any atom is 0.229 e. The quantitative estimate of drug-likeness (QED) is 0.593. The third-order valence-electron chi connectivity index (χ3n) is 2.58. The molecular formula is C9H18N2O3. The minimum atomic E-state index is -0.114. The van der Waals surface area contributed by atoms with E-state index in [9.17, 15) is 4.79 Å². The number of carbonyl (C=O) groups excluding carboxylic acids is 1. The summed E-state index contributed by atoms with van der Waals surface area (Å²) in [5.74, 6) is -0.0764. The van der Waals surface area contributed by atoms with Crippen LogP contribution in [0.15, 0.2) is 0 Å². The summed E-state index contributed by atoms with van der Waals surface area (Å²) in [4.78, 5) is 13.3. The summed E-state index contributed by atoms with van der Waals surface area (Å²) in [7, 11) is 3.52. The number of aliphatic hydroxyl groups is 1. The molecule has 2 unspecified atom stereocenters. The van der Waals surface area contributed by atoms with Crippen molar-refractivity contribution in [3.63, 3.8) is 0 Å². The molecule has 0 aromatic carbocycles. The van der Waals surface area contributed by atoms with E-state index in [1.165, 1.54) is 0 Å². The number of likely N-dealkylation sites (N-methyl/N-ethyl adjacent to an activating group) is 2. The fourth-order valence-corrected chi connectivity index (χ4v) is 1.63. The van der Waals surface area contributed by atoms with Gasteiger partial charge in [0.15, 0.2) is 0 Å². The summed E-state index contributed by atoms with van der Waals surface area (Å²) in [6.45, 7) is 1.44. The van der Waals surface area contributed by atoms with E-state index < -0.39 is 0 Å². The van der Waals surface area contributed by atoms with Crippen molar-refractivity contribution < 1.29 is 14.6 Å². The summed E-state index contributed by atoms with van der Waals surface area (Å²) >= 11 is 0. The second-order valence-electron chi connectivity index (χ2n) is 3.52. The van der Waals surface area contributed by atoms with E-state index in [0.717, 1.165) is 0 Å². The van der Waals surface area contributed by atoms with Crippen LogP contribution in [0, 0.1) is 5.92 Å². The summed E-state index contributed by atoms with van der Waals surface area (Å²) in [6, 6.07) is 0.101. The summed E-state index contributed by atoms with van der Waals surface area (Å²) in [5.41, 5.74) is 0. The Hall–Kier alpha value is -0.650. The lowest BCUT2D eigenvalue weighted by Crippen LogP contribution is -2.44.